The van der Waals surface area contributed by atoms with E-state index in [0.29, 0.717) is 23.4 Å². The molecular formula is C19H14N2O4. The Hall–Kier alpha value is -3.41. The summed E-state index contributed by atoms with van der Waals surface area (Å²) in [5.41, 5.74) is 2.71. The number of rotatable bonds is 3. The minimum absolute atomic E-state index is 0.357. The first-order valence-corrected chi connectivity index (χ1v) is 7.79. The number of oxazole rings is 1. The molecule has 4 rings (SSSR count). The van der Waals surface area contributed by atoms with E-state index in [1.807, 2.05) is 18.2 Å². The molecule has 25 heavy (non-hydrogen) atoms. The summed E-state index contributed by atoms with van der Waals surface area (Å²) in [6.45, 7) is 0. The number of nitrogens with zero attached hydrogens (tertiary/aromatic N) is 1. The van der Waals surface area contributed by atoms with Gasteiger partial charge in [0.25, 0.3) is 5.91 Å². The predicted molar refractivity (Wildman–Crippen MR) is 89.9 cm³/mol. The van der Waals surface area contributed by atoms with Gasteiger partial charge in [0.05, 0.1) is 11.8 Å². The first-order chi connectivity index (χ1) is 12.2. The number of nitrogens with one attached hydrogen (secondary N) is 1. The van der Waals surface area contributed by atoms with Crippen LogP contribution in [0, 0.1) is 0 Å². The molecule has 124 valence electrons. The second kappa shape index (κ2) is 6.24. The highest BCUT2D eigenvalue weighted by molar-refractivity contribution is 6.00. The number of cyclic esters (lactones) is 1. The molecule has 1 amide bonds. The Labute approximate surface area is 143 Å². The number of carbonyl (C=O) groups is 2. The first-order valence-electron chi connectivity index (χ1n) is 7.79. The smallest absolute Gasteiger partial charge is 0.339 e. The minimum atomic E-state index is -0.851. The van der Waals surface area contributed by atoms with Crippen LogP contribution in [0.3, 0.4) is 0 Å². The quantitative estimate of drug-likeness (QED) is 0.745. The number of ether oxygens (including phenoxy) is 1. The van der Waals surface area contributed by atoms with Crippen molar-refractivity contribution in [3.05, 3.63) is 72.2 Å². The fraction of sp³-hybridized carbons (Fsp3) is 0.105. The Morgan fingerprint density at radius 3 is 2.88 bits per heavy atom. The number of hydrogen-bond acceptors (Lipinski definition) is 5. The molecule has 0 saturated heterocycles. The monoisotopic (exact) mass is 334 g/mol. The van der Waals surface area contributed by atoms with Crippen LogP contribution in [0.15, 0.2) is 65.5 Å². The summed E-state index contributed by atoms with van der Waals surface area (Å²) in [5, 5.41) is 2.79. The Balaban J connectivity index is 1.52. The van der Waals surface area contributed by atoms with Crippen LogP contribution in [-0.4, -0.2) is 23.0 Å². The molecule has 0 radical (unpaired) electrons. The van der Waals surface area contributed by atoms with E-state index in [9.17, 15) is 9.59 Å². The highest BCUT2D eigenvalue weighted by Crippen LogP contribution is 2.24. The average Bonchev–Trinajstić information content (AvgIpc) is 3.17. The van der Waals surface area contributed by atoms with Crippen LogP contribution in [0.25, 0.3) is 11.3 Å². The molecule has 0 aliphatic carbocycles. The summed E-state index contributed by atoms with van der Waals surface area (Å²) in [5.74, 6) is -0.232. The maximum Gasteiger partial charge on any atom is 0.339 e. The number of fused-ring (bicyclic) bond motifs is 1. The van der Waals surface area contributed by atoms with Gasteiger partial charge in [-0.1, -0.05) is 30.3 Å². The van der Waals surface area contributed by atoms with Gasteiger partial charge in [-0.15, -0.1) is 0 Å². The predicted octanol–water partition coefficient (Wildman–Crippen LogP) is 3.06. The summed E-state index contributed by atoms with van der Waals surface area (Å²) >= 11 is 0. The summed E-state index contributed by atoms with van der Waals surface area (Å²) in [4.78, 5) is 28.4. The lowest BCUT2D eigenvalue weighted by atomic mass is 9.98. The molecule has 1 N–H and O–H groups in total. The molecule has 1 aliphatic rings. The molecule has 0 bridgehead atoms. The highest BCUT2D eigenvalue weighted by Gasteiger charge is 2.31. The molecule has 1 unspecified atom stereocenters. The Morgan fingerprint density at radius 1 is 1.16 bits per heavy atom. The lowest BCUT2D eigenvalue weighted by Crippen LogP contribution is -2.37. The standard InChI is InChI=1S/C19H14N2O4/c22-18(16-9-12-4-1-2-7-15(12)19(23)25-16)21-14-6-3-5-13(8-14)17-10-20-11-24-17/h1-8,10-11,16H,9H2,(H,21,22). The van der Waals surface area contributed by atoms with E-state index < -0.39 is 12.1 Å². The third-order valence-corrected chi connectivity index (χ3v) is 4.03. The van der Waals surface area contributed by atoms with Crippen molar-refractivity contribution in [1.82, 2.24) is 4.98 Å². The fourth-order valence-corrected chi connectivity index (χ4v) is 2.81. The average molecular weight is 334 g/mol. The van der Waals surface area contributed by atoms with Gasteiger partial charge >= 0.3 is 5.97 Å². The van der Waals surface area contributed by atoms with Crippen molar-refractivity contribution < 1.29 is 18.7 Å². The number of hydrogen-bond donors (Lipinski definition) is 1. The van der Waals surface area contributed by atoms with Crippen LogP contribution < -0.4 is 5.32 Å². The van der Waals surface area contributed by atoms with E-state index in [1.165, 1.54) is 6.39 Å². The van der Waals surface area contributed by atoms with Crippen LogP contribution in [0.1, 0.15) is 15.9 Å². The molecule has 6 heteroatoms. The largest absolute Gasteiger partial charge is 0.448 e. The topological polar surface area (TPSA) is 81.4 Å². The van der Waals surface area contributed by atoms with E-state index >= 15 is 0 Å². The zero-order valence-corrected chi connectivity index (χ0v) is 13.1. The normalized spacial score (nSPS) is 16.0. The van der Waals surface area contributed by atoms with E-state index in [1.54, 1.807) is 36.5 Å². The molecular weight excluding hydrogens is 320 g/mol. The van der Waals surface area contributed by atoms with Crippen molar-refractivity contribution in [2.45, 2.75) is 12.5 Å². The van der Waals surface area contributed by atoms with Gasteiger partial charge in [0.1, 0.15) is 0 Å². The number of aromatic nitrogens is 1. The van der Waals surface area contributed by atoms with Crippen LogP contribution >= 0.6 is 0 Å². The molecule has 3 aromatic rings. The molecule has 1 atom stereocenters. The Bertz CT molecular complexity index is 934. The van der Waals surface area contributed by atoms with E-state index in [-0.39, 0.29) is 5.91 Å². The van der Waals surface area contributed by atoms with Gasteiger partial charge in [0.2, 0.25) is 0 Å². The number of anilines is 1. The maximum atomic E-state index is 12.5. The zero-order chi connectivity index (χ0) is 17.2. The molecule has 0 saturated carbocycles. The molecule has 2 heterocycles. The van der Waals surface area contributed by atoms with Gasteiger partial charge in [-0.2, -0.15) is 0 Å². The highest BCUT2D eigenvalue weighted by atomic mass is 16.5. The number of amides is 1. The van der Waals surface area contributed by atoms with Crippen LogP contribution in [-0.2, 0) is 16.0 Å². The number of benzene rings is 2. The molecule has 1 aliphatic heterocycles. The van der Waals surface area contributed by atoms with Gasteiger partial charge in [-0.3, -0.25) is 4.79 Å². The van der Waals surface area contributed by atoms with Crippen molar-refractivity contribution in [2.24, 2.45) is 0 Å². The van der Waals surface area contributed by atoms with Crippen LogP contribution in [0.4, 0.5) is 5.69 Å². The van der Waals surface area contributed by atoms with Crippen molar-refractivity contribution in [3.8, 4) is 11.3 Å². The summed E-state index contributed by atoms with van der Waals surface area (Å²) in [7, 11) is 0. The van der Waals surface area contributed by atoms with E-state index in [2.05, 4.69) is 10.3 Å². The number of carbonyl (C=O) groups excluding carboxylic acids is 2. The first kappa shape index (κ1) is 15.1. The second-order valence-electron chi connectivity index (χ2n) is 5.69. The fourth-order valence-electron chi connectivity index (χ4n) is 2.81. The Kier molecular flexibility index (Phi) is 3.78. The lowest BCUT2D eigenvalue weighted by Gasteiger charge is -2.23. The van der Waals surface area contributed by atoms with Crippen molar-refractivity contribution in [3.63, 3.8) is 0 Å². The summed E-state index contributed by atoms with van der Waals surface area (Å²) in [6.07, 6.45) is 2.45. The van der Waals surface area contributed by atoms with Crippen molar-refractivity contribution in [1.29, 1.82) is 0 Å². The summed E-state index contributed by atoms with van der Waals surface area (Å²) in [6, 6.07) is 14.3. The van der Waals surface area contributed by atoms with E-state index in [4.69, 9.17) is 9.15 Å². The molecule has 6 nitrogen and oxygen atoms in total. The zero-order valence-electron chi connectivity index (χ0n) is 13.1. The SMILES string of the molecule is O=C1OC(C(=O)Nc2cccc(-c3cnco3)c2)Cc2ccccc21. The van der Waals surface area contributed by atoms with Gasteiger partial charge in [-0.25, -0.2) is 9.78 Å². The molecule has 1 aromatic heterocycles. The molecule has 0 fully saturated rings. The lowest BCUT2D eigenvalue weighted by molar-refractivity contribution is -0.125. The second-order valence-corrected chi connectivity index (χ2v) is 5.69. The van der Waals surface area contributed by atoms with Crippen molar-refractivity contribution >= 4 is 17.6 Å². The van der Waals surface area contributed by atoms with Crippen LogP contribution in [0.2, 0.25) is 0 Å². The molecule has 2 aromatic carbocycles. The van der Waals surface area contributed by atoms with E-state index in [0.717, 1.165) is 11.1 Å². The maximum absolute atomic E-state index is 12.5. The third-order valence-electron chi connectivity index (χ3n) is 4.03. The van der Waals surface area contributed by atoms with Gasteiger partial charge in [0, 0.05) is 17.7 Å². The third kappa shape index (κ3) is 3.01. The number of esters is 1. The van der Waals surface area contributed by atoms with Gasteiger partial charge < -0.3 is 14.5 Å². The van der Waals surface area contributed by atoms with Crippen LogP contribution in [0.5, 0.6) is 0 Å². The minimum Gasteiger partial charge on any atom is -0.448 e. The van der Waals surface area contributed by atoms with Gasteiger partial charge in [-0.05, 0) is 23.8 Å². The summed E-state index contributed by atoms with van der Waals surface area (Å²) < 4.78 is 10.5. The Morgan fingerprint density at radius 2 is 2.04 bits per heavy atom. The van der Waals surface area contributed by atoms with Crippen molar-refractivity contribution in [2.75, 3.05) is 5.32 Å². The molecule has 0 spiro atoms. The van der Waals surface area contributed by atoms with Gasteiger partial charge in [0.15, 0.2) is 18.3 Å².